The summed E-state index contributed by atoms with van der Waals surface area (Å²) in [7, 11) is 0.972. The Balaban J connectivity index is 2.17. The first-order chi connectivity index (χ1) is 8.02. The molecule has 3 heteroatoms. The van der Waals surface area contributed by atoms with Gasteiger partial charge in [-0.2, -0.15) is 0 Å². The zero-order chi connectivity index (χ0) is 12.5. The molecule has 1 fully saturated rings. The van der Waals surface area contributed by atoms with Crippen LogP contribution in [0.5, 0.6) is 0 Å². The summed E-state index contributed by atoms with van der Waals surface area (Å²) in [6.45, 7) is 4.68. The lowest BCUT2D eigenvalue weighted by atomic mass is 9.77. The summed E-state index contributed by atoms with van der Waals surface area (Å²) in [5, 5.41) is 9.73. The topological polar surface area (TPSA) is 33.0 Å². The molecule has 1 aliphatic rings. The highest BCUT2D eigenvalue weighted by atomic mass is 16.5. The lowest BCUT2D eigenvalue weighted by Gasteiger charge is -2.17. The van der Waals surface area contributed by atoms with Gasteiger partial charge < -0.3 is 9.68 Å². The van der Waals surface area contributed by atoms with E-state index < -0.39 is 7.12 Å². The third-order valence-corrected chi connectivity index (χ3v) is 3.89. The van der Waals surface area contributed by atoms with Gasteiger partial charge in [0.25, 0.3) is 0 Å². The van der Waals surface area contributed by atoms with E-state index in [0.717, 1.165) is 5.46 Å². The maximum absolute atomic E-state index is 9.73. The summed E-state index contributed by atoms with van der Waals surface area (Å²) in [6, 6.07) is 8.27. The number of hydrogen-bond donors (Lipinski definition) is 1. The van der Waals surface area contributed by atoms with E-state index >= 15 is 0 Å². The van der Waals surface area contributed by atoms with Crippen LogP contribution in [0.25, 0.3) is 0 Å². The van der Waals surface area contributed by atoms with Crippen LogP contribution in [0.15, 0.2) is 24.3 Å². The van der Waals surface area contributed by atoms with Crippen molar-refractivity contribution in [2.75, 3.05) is 7.11 Å². The van der Waals surface area contributed by atoms with Crippen LogP contribution in [-0.2, 0) is 0 Å². The van der Waals surface area contributed by atoms with E-state index in [2.05, 4.69) is 30.6 Å². The predicted molar refractivity (Wildman–Crippen MR) is 72.6 cm³/mol. The number of hydrogen-bond acceptors (Lipinski definition) is 1. The molecule has 0 amide bonds. The predicted octanol–water partition coefficient (Wildman–Crippen LogP) is 1.83. The summed E-state index contributed by atoms with van der Waals surface area (Å²) < 4.78 is 3.91. The van der Waals surface area contributed by atoms with Crippen LogP contribution in [0, 0.1) is 5.41 Å². The van der Waals surface area contributed by atoms with Crippen molar-refractivity contribution >= 4 is 12.6 Å². The molecule has 0 aliphatic heterocycles. The summed E-state index contributed by atoms with van der Waals surface area (Å²) in [6.07, 6.45) is 3.80. The van der Waals surface area contributed by atoms with Crippen molar-refractivity contribution in [3.8, 4) is 0 Å². The molecule has 1 aromatic carbocycles. The number of rotatable bonds is 3. The van der Waals surface area contributed by atoms with Gasteiger partial charge in [-0.25, -0.2) is 0 Å². The number of aliphatic hydroxyl groups is 1. The lowest BCUT2D eigenvalue weighted by molar-refractivity contribution is 0.171. The van der Waals surface area contributed by atoms with Crippen LogP contribution in [0.2, 0.25) is 0 Å². The van der Waals surface area contributed by atoms with Gasteiger partial charge in [-0.05, 0) is 36.2 Å². The molecule has 2 nitrogen and oxygen atoms in total. The minimum Gasteiger partial charge on any atom is -0.513 e. The second-order valence-electron chi connectivity index (χ2n) is 5.91. The van der Waals surface area contributed by atoms with E-state index in [0.29, 0.717) is 11.3 Å². The highest BCUT2D eigenvalue weighted by Gasteiger charge is 2.33. The number of benzene rings is 1. The van der Waals surface area contributed by atoms with Crippen molar-refractivity contribution in [3.05, 3.63) is 29.8 Å². The highest BCUT2D eigenvalue weighted by molar-refractivity contribution is 6.59. The molecular formula is C14H22BO2+. The first-order valence-electron chi connectivity index (χ1n) is 6.39. The summed E-state index contributed by atoms with van der Waals surface area (Å²) >= 11 is 0. The maximum Gasteiger partial charge on any atom is 0.728 e. The van der Waals surface area contributed by atoms with E-state index in [9.17, 15) is 5.02 Å². The average Bonchev–Trinajstić information content (AvgIpc) is 2.69. The fourth-order valence-corrected chi connectivity index (χ4v) is 2.84. The fourth-order valence-electron chi connectivity index (χ4n) is 2.84. The molecule has 0 bridgehead atoms. The monoisotopic (exact) mass is 233 g/mol. The van der Waals surface area contributed by atoms with Gasteiger partial charge in [-0.1, -0.05) is 38.1 Å². The Morgan fingerprint density at radius 1 is 1.41 bits per heavy atom. The van der Waals surface area contributed by atoms with Gasteiger partial charge in [0.15, 0.2) is 0 Å². The molecule has 1 aliphatic carbocycles. The molecule has 0 radical (unpaired) electrons. The van der Waals surface area contributed by atoms with Gasteiger partial charge in [-0.15, -0.1) is 0 Å². The van der Waals surface area contributed by atoms with Crippen LogP contribution >= 0.6 is 0 Å². The molecular weight excluding hydrogens is 211 g/mol. The first-order valence-corrected chi connectivity index (χ1v) is 6.39. The molecule has 17 heavy (non-hydrogen) atoms. The molecule has 0 spiro atoms. The fraction of sp³-hybridized carbons (Fsp3) is 0.571. The Labute approximate surface area is 104 Å². The molecule has 0 aromatic heterocycles. The standard InChI is InChI=1S/C14H21BO2/c1-14(2)8-7-12(10-14)11-5-4-6-13(9-11)15(16)17-3/h4-6,9,12,16H,7-8,10H2,1-3H3/p+1. The van der Waals surface area contributed by atoms with Crippen LogP contribution in [0.3, 0.4) is 0 Å². The average molecular weight is 233 g/mol. The zero-order valence-corrected chi connectivity index (χ0v) is 11.0. The van der Waals surface area contributed by atoms with E-state index in [1.54, 1.807) is 7.11 Å². The van der Waals surface area contributed by atoms with Crippen LogP contribution < -0.4 is 5.46 Å². The maximum atomic E-state index is 9.73. The molecule has 2 rings (SSSR count). The Kier molecular flexibility index (Phi) is 3.60. The Morgan fingerprint density at radius 3 is 2.76 bits per heavy atom. The van der Waals surface area contributed by atoms with E-state index in [1.807, 2.05) is 12.1 Å². The summed E-state index contributed by atoms with van der Waals surface area (Å²) in [4.78, 5) is 0. The second kappa shape index (κ2) is 4.83. The van der Waals surface area contributed by atoms with E-state index in [4.69, 9.17) is 0 Å². The van der Waals surface area contributed by atoms with Gasteiger partial charge >= 0.3 is 7.12 Å². The molecule has 1 aromatic rings. The van der Waals surface area contributed by atoms with Gasteiger partial charge in [0.05, 0.1) is 0 Å². The van der Waals surface area contributed by atoms with Crippen LogP contribution in [-0.4, -0.2) is 23.9 Å². The Morgan fingerprint density at radius 2 is 2.18 bits per heavy atom. The molecule has 2 N–H and O–H groups in total. The molecule has 1 unspecified atom stereocenters. The minimum atomic E-state index is -0.677. The lowest BCUT2D eigenvalue weighted by Crippen LogP contribution is -2.35. The minimum absolute atomic E-state index is 0.467. The van der Waals surface area contributed by atoms with Gasteiger partial charge in [0.1, 0.15) is 7.11 Å². The quantitative estimate of drug-likeness (QED) is 0.627. The zero-order valence-electron chi connectivity index (χ0n) is 11.0. The van der Waals surface area contributed by atoms with Gasteiger partial charge in [-0.3, -0.25) is 0 Å². The molecule has 1 atom stereocenters. The van der Waals surface area contributed by atoms with Gasteiger partial charge in [0.2, 0.25) is 0 Å². The van der Waals surface area contributed by atoms with Crippen molar-refractivity contribution in [2.45, 2.75) is 39.0 Å². The first kappa shape index (κ1) is 12.7. The van der Waals surface area contributed by atoms with Crippen molar-refractivity contribution < 1.29 is 9.68 Å². The molecule has 92 valence electrons. The summed E-state index contributed by atoms with van der Waals surface area (Å²) in [5.41, 5.74) is 2.74. The van der Waals surface area contributed by atoms with Crippen molar-refractivity contribution in [1.29, 1.82) is 0 Å². The van der Waals surface area contributed by atoms with Crippen molar-refractivity contribution in [2.24, 2.45) is 5.41 Å². The third-order valence-electron chi connectivity index (χ3n) is 3.89. The van der Waals surface area contributed by atoms with E-state index in [1.165, 1.54) is 24.8 Å². The Hall–Kier alpha value is -0.795. The normalized spacial score (nSPS) is 22.7. The van der Waals surface area contributed by atoms with Crippen molar-refractivity contribution in [1.82, 2.24) is 0 Å². The molecule has 1 saturated carbocycles. The molecule has 0 saturated heterocycles. The Bertz CT molecular complexity index is 390. The smallest absolute Gasteiger partial charge is 0.513 e. The summed E-state index contributed by atoms with van der Waals surface area (Å²) in [5.74, 6) is 0.647. The largest absolute Gasteiger partial charge is 0.728 e. The van der Waals surface area contributed by atoms with Gasteiger partial charge in [0, 0.05) is 5.46 Å². The van der Waals surface area contributed by atoms with Crippen LogP contribution in [0.4, 0.5) is 0 Å². The molecule has 0 heterocycles. The third kappa shape index (κ3) is 2.91. The van der Waals surface area contributed by atoms with Crippen LogP contribution in [0.1, 0.15) is 44.6 Å². The SMILES string of the molecule is C[OH+]B(O)c1cccc(C2CCC(C)(C)C2)c1. The van der Waals surface area contributed by atoms with E-state index in [-0.39, 0.29) is 0 Å². The second-order valence-corrected chi connectivity index (χ2v) is 5.91. The highest BCUT2D eigenvalue weighted by Crippen LogP contribution is 2.45. The van der Waals surface area contributed by atoms with Crippen molar-refractivity contribution in [3.63, 3.8) is 0 Å².